The van der Waals surface area contributed by atoms with Crippen molar-refractivity contribution in [2.75, 3.05) is 0 Å². The van der Waals surface area contributed by atoms with Crippen LogP contribution >= 0.6 is 0 Å². The van der Waals surface area contributed by atoms with Gasteiger partial charge in [-0.1, -0.05) is 146 Å². The highest BCUT2D eigenvalue weighted by atomic mass is 16.3. The van der Waals surface area contributed by atoms with Crippen LogP contribution in [0.1, 0.15) is 0 Å². The van der Waals surface area contributed by atoms with Gasteiger partial charge in [-0.15, -0.1) is 0 Å². The van der Waals surface area contributed by atoms with E-state index >= 15 is 0 Å². The fraction of sp³-hybridized carbons (Fsp3) is 0. The highest BCUT2D eigenvalue weighted by Crippen LogP contribution is 2.42. The van der Waals surface area contributed by atoms with Crippen molar-refractivity contribution in [2.24, 2.45) is 0 Å². The first kappa shape index (κ1) is 31.9. The van der Waals surface area contributed by atoms with Gasteiger partial charge in [-0.25, -0.2) is 15.0 Å². The fourth-order valence-electron chi connectivity index (χ4n) is 7.93. The molecule has 0 amide bonds. The molecule has 56 heavy (non-hydrogen) atoms. The monoisotopic (exact) mass is 717 g/mol. The van der Waals surface area contributed by atoms with E-state index < -0.39 is 0 Å². The third-order valence-corrected chi connectivity index (χ3v) is 10.5. The molecular formula is C51H31N3O2. The molecule has 0 saturated carbocycles. The lowest BCUT2D eigenvalue weighted by Gasteiger charge is -2.13. The summed E-state index contributed by atoms with van der Waals surface area (Å²) >= 11 is 0. The van der Waals surface area contributed by atoms with Crippen LogP contribution in [0, 0.1) is 0 Å². The molecule has 0 unspecified atom stereocenters. The van der Waals surface area contributed by atoms with E-state index in [1.807, 2.05) is 72.8 Å². The van der Waals surface area contributed by atoms with Crippen molar-refractivity contribution in [3.63, 3.8) is 0 Å². The van der Waals surface area contributed by atoms with Crippen LogP contribution in [-0.4, -0.2) is 15.0 Å². The second-order valence-corrected chi connectivity index (χ2v) is 13.9. The molecular weight excluding hydrogens is 687 g/mol. The SMILES string of the molecule is c1ccc(-c2cc(-c3ccccc3)cc(-c3nc(-c4cccc5c4oc4ccccc45)nc(-c4cccc5oc6cccc(-c7ccccc7)c6c45)n3)c2)cc1. The third-order valence-electron chi connectivity index (χ3n) is 10.5. The van der Waals surface area contributed by atoms with Crippen molar-refractivity contribution in [1.82, 2.24) is 15.0 Å². The van der Waals surface area contributed by atoms with Crippen LogP contribution in [0.15, 0.2) is 197 Å². The molecule has 0 radical (unpaired) electrons. The number of benzene rings is 8. The van der Waals surface area contributed by atoms with Gasteiger partial charge in [0.2, 0.25) is 0 Å². The molecule has 0 aliphatic heterocycles. The predicted molar refractivity (Wildman–Crippen MR) is 227 cm³/mol. The van der Waals surface area contributed by atoms with Crippen LogP contribution in [0.25, 0.3) is 111 Å². The van der Waals surface area contributed by atoms with Gasteiger partial charge in [0.1, 0.15) is 22.3 Å². The summed E-state index contributed by atoms with van der Waals surface area (Å²) in [6, 6.07) is 64.5. The molecule has 0 fully saturated rings. The van der Waals surface area contributed by atoms with Crippen LogP contribution in [-0.2, 0) is 0 Å². The Hall–Kier alpha value is -7.63. The quantitative estimate of drug-likeness (QED) is 0.171. The molecule has 5 nitrogen and oxygen atoms in total. The standard InChI is InChI=1S/C51H31N3O2/c1-4-15-32(16-5-1)35-29-36(33-17-6-2-7-18-33)31-37(30-35)49-52-50(54-51(53-49)42-25-12-23-40-39-21-10-11-26-43(39)56-48(40)42)41-24-14-28-45-47(41)46-38(22-13-27-44(46)55-45)34-19-8-3-9-20-34/h1-31H. The summed E-state index contributed by atoms with van der Waals surface area (Å²) in [4.78, 5) is 15.9. The van der Waals surface area contributed by atoms with Crippen molar-refractivity contribution in [2.45, 2.75) is 0 Å². The van der Waals surface area contributed by atoms with Gasteiger partial charge >= 0.3 is 0 Å². The molecule has 0 atom stereocenters. The van der Waals surface area contributed by atoms with Gasteiger partial charge < -0.3 is 8.83 Å². The van der Waals surface area contributed by atoms with Crippen molar-refractivity contribution in [3.05, 3.63) is 188 Å². The number of aromatic nitrogens is 3. The summed E-state index contributed by atoms with van der Waals surface area (Å²) < 4.78 is 13.1. The normalized spacial score (nSPS) is 11.6. The van der Waals surface area contributed by atoms with E-state index in [4.69, 9.17) is 23.8 Å². The minimum absolute atomic E-state index is 0.522. The van der Waals surface area contributed by atoms with E-state index in [-0.39, 0.29) is 0 Å². The highest BCUT2D eigenvalue weighted by Gasteiger charge is 2.22. The Kier molecular flexibility index (Phi) is 7.42. The highest BCUT2D eigenvalue weighted by molar-refractivity contribution is 6.17. The van der Waals surface area contributed by atoms with Gasteiger partial charge in [0, 0.05) is 32.7 Å². The lowest BCUT2D eigenvalue weighted by Crippen LogP contribution is -2.01. The Labute approximate surface area is 322 Å². The zero-order valence-corrected chi connectivity index (χ0v) is 30.1. The summed E-state index contributed by atoms with van der Waals surface area (Å²) in [5, 5.41) is 4.03. The zero-order chi connectivity index (χ0) is 37.0. The fourth-order valence-corrected chi connectivity index (χ4v) is 7.93. The molecule has 0 spiro atoms. The topological polar surface area (TPSA) is 65.0 Å². The lowest BCUT2D eigenvalue weighted by molar-refractivity contribution is 0.668. The average molecular weight is 718 g/mol. The number of furan rings is 2. The van der Waals surface area contributed by atoms with Crippen molar-refractivity contribution in [3.8, 4) is 67.5 Å². The van der Waals surface area contributed by atoms with Crippen molar-refractivity contribution >= 4 is 43.9 Å². The summed E-state index contributed by atoms with van der Waals surface area (Å²) in [6.07, 6.45) is 0. The Balaban J connectivity index is 1.21. The largest absolute Gasteiger partial charge is 0.456 e. The molecule has 0 N–H and O–H groups in total. The predicted octanol–water partition coefficient (Wildman–Crippen LogP) is 13.7. The number of rotatable bonds is 6. The van der Waals surface area contributed by atoms with E-state index in [1.165, 1.54) is 0 Å². The summed E-state index contributed by atoms with van der Waals surface area (Å²) in [6.45, 7) is 0. The summed E-state index contributed by atoms with van der Waals surface area (Å²) in [5.74, 6) is 1.62. The molecule has 0 aliphatic rings. The van der Waals surface area contributed by atoms with Crippen molar-refractivity contribution in [1.29, 1.82) is 0 Å². The Bertz CT molecular complexity index is 3180. The maximum Gasteiger partial charge on any atom is 0.167 e. The van der Waals surface area contributed by atoms with Gasteiger partial charge in [0.15, 0.2) is 17.5 Å². The second-order valence-electron chi connectivity index (χ2n) is 13.9. The van der Waals surface area contributed by atoms with Gasteiger partial charge in [-0.3, -0.25) is 0 Å². The van der Waals surface area contributed by atoms with Crippen LogP contribution in [0.3, 0.4) is 0 Å². The first-order chi connectivity index (χ1) is 27.7. The number of fused-ring (bicyclic) bond motifs is 6. The second kappa shape index (κ2) is 13.0. The molecule has 3 heterocycles. The van der Waals surface area contributed by atoms with Crippen LogP contribution in [0.4, 0.5) is 0 Å². The molecule has 11 rings (SSSR count). The maximum absolute atomic E-state index is 6.55. The summed E-state index contributed by atoms with van der Waals surface area (Å²) in [7, 11) is 0. The number of nitrogens with zero attached hydrogens (tertiary/aromatic N) is 3. The van der Waals surface area contributed by atoms with E-state index in [2.05, 4.69) is 115 Å². The number of hydrogen-bond acceptors (Lipinski definition) is 5. The Morgan fingerprint density at radius 2 is 0.750 bits per heavy atom. The smallest absolute Gasteiger partial charge is 0.167 e. The van der Waals surface area contributed by atoms with Crippen molar-refractivity contribution < 1.29 is 8.83 Å². The third kappa shape index (κ3) is 5.37. The molecule has 11 aromatic rings. The van der Waals surface area contributed by atoms with Gasteiger partial charge in [-0.2, -0.15) is 0 Å². The molecule has 0 aliphatic carbocycles. The lowest BCUT2D eigenvalue weighted by atomic mass is 9.95. The van der Waals surface area contributed by atoms with Gasteiger partial charge in [0.25, 0.3) is 0 Å². The minimum Gasteiger partial charge on any atom is -0.456 e. The Morgan fingerprint density at radius 3 is 1.43 bits per heavy atom. The molecule has 262 valence electrons. The molecule has 3 aromatic heterocycles. The van der Waals surface area contributed by atoms with E-state index in [1.54, 1.807) is 0 Å². The van der Waals surface area contributed by atoms with Crippen LogP contribution < -0.4 is 0 Å². The number of para-hydroxylation sites is 2. The minimum atomic E-state index is 0.522. The van der Waals surface area contributed by atoms with Gasteiger partial charge in [-0.05, 0) is 75.8 Å². The maximum atomic E-state index is 6.55. The summed E-state index contributed by atoms with van der Waals surface area (Å²) in [5.41, 5.74) is 12.2. The van der Waals surface area contributed by atoms with Gasteiger partial charge in [0.05, 0.1) is 5.56 Å². The van der Waals surface area contributed by atoms with Crippen LogP contribution in [0.5, 0.6) is 0 Å². The molecule has 8 aromatic carbocycles. The zero-order valence-electron chi connectivity index (χ0n) is 30.1. The molecule has 0 saturated heterocycles. The van der Waals surface area contributed by atoms with Crippen LogP contribution in [0.2, 0.25) is 0 Å². The first-order valence-corrected chi connectivity index (χ1v) is 18.7. The average Bonchev–Trinajstić information content (AvgIpc) is 3.86. The molecule has 5 heteroatoms. The first-order valence-electron chi connectivity index (χ1n) is 18.7. The van der Waals surface area contributed by atoms with E-state index in [0.717, 1.165) is 93.9 Å². The van der Waals surface area contributed by atoms with E-state index in [0.29, 0.717) is 17.5 Å². The number of hydrogen-bond donors (Lipinski definition) is 0. The Morgan fingerprint density at radius 1 is 0.286 bits per heavy atom. The van der Waals surface area contributed by atoms with E-state index in [9.17, 15) is 0 Å². The molecule has 0 bridgehead atoms.